The quantitative estimate of drug-likeness (QED) is 0.749. The standard InChI is InChI=1S/C15H12ClN3O2/c1-2-9-8-11(20)21-14-12(9)13(16)18-15(19-14)17-10-6-4-3-5-7-10/h3-8H,2H2,1H3,(H,17,18,19). The Hall–Kier alpha value is -2.40. The van der Waals surface area contributed by atoms with Gasteiger partial charge in [-0.3, -0.25) is 0 Å². The Labute approximate surface area is 125 Å². The number of benzene rings is 1. The van der Waals surface area contributed by atoms with Crippen LogP contribution in [-0.2, 0) is 6.42 Å². The van der Waals surface area contributed by atoms with E-state index in [0.29, 0.717) is 11.8 Å². The molecule has 21 heavy (non-hydrogen) atoms. The number of nitrogens with zero attached hydrogens (tertiary/aromatic N) is 2. The Morgan fingerprint density at radius 2 is 2.00 bits per heavy atom. The number of fused-ring (bicyclic) bond motifs is 1. The van der Waals surface area contributed by atoms with Gasteiger partial charge < -0.3 is 9.73 Å². The first-order chi connectivity index (χ1) is 10.2. The van der Waals surface area contributed by atoms with Crippen LogP contribution < -0.4 is 10.9 Å². The second-order valence-corrected chi connectivity index (χ2v) is 4.81. The number of hydrogen-bond donors (Lipinski definition) is 1. The average Bonchev–Trinajstić information content (AvgIpc) is 2.46. The fraction of sp³-hybridized carbons (Fsp3) is 0.133. The molecule has 2 heterocycles. The lowest BCUT2D eigenvalue weighted by Crippen LogP contribution is -2.04. The van der Waals surface area contributed by atoms with Crippen LogP contribution >= 0.6 is 11.6 Å². The molecule has 3 aromatic rings. The van der Waals surface area contributed by atoms with Gasteiger partial charge in [-0.15, -0.1) is 0 Å². The zero-order valence-electron chi connectivity index (χ0n) is 11.3. The van der Waals surface area contributed by atoms with Gasteiger partial charge in [0.25, 0.3) is 0 Å². The Morgan fingerprint density at radius 1 is 1.24 bits per heavy atom. The van der Waals surface area contributed by atoms with E-state index in [4.69, 9.17) is 16.0 Å². The van der Waals surface area contributed by atoms with Gasteiger partial charge in [-0.05, 0) is 24.1 Å². The van der Waals surface area contributed by atoms with Crippen LogP contribution in [0.1, 0.15) is 12.5 Å². The zero-order chi connectivity index (χ0) is 14.8. The van der Waals surface area contributed by atoms with E-state index in [1.165, 1.54) is 6.07 Å². The Morgan fingerprint density at radius 3 is 2.71 bits per heavy atom. The monoisotopic (exact) mass is 301 g/mol. The van der Waals surface area contributed by atoms with Gasteiger partial charge in [-0.1, -0.05) is 36.7 Å². The second-order valence-electron chi connectivity index (χ2n) is 4.45. The zero-order valence-corrected chi connectivity index (χ0v) is 12.0. The molecule has 3 rings (SSSR count). The van der Waals surface area contributed by atoms with E-state index in [9.17, 15) is 4.79 Å². The molecule has 6 heteroatoms. The molecule has 0 amide bonds. The lowest BCUT2D eigenvalue weighted by Gasteiger charge is -2.08. The molecule has 0 aliphatic carbocycles. The van der Waals surface area contributed by atoms with E-state index in [1.54, 1.807) is 0 Å². The van der Waals surface area contributed by atoms with Crippen LogP contribution in [0, 0.1) is 0 Å². The molecule has 0 aliphatic rings. The summed E-state index contributed by atoms with van der Waals surface area (Å²) < 4.78 is 5.13. The highest BCUT2D eigenvalue weighted by atomic mass is 35.5. The van der Waals surface area contributed by atoms with Crippen LogP contribution in [0.3, 0.4) is 0 Å². The van der Waals surface area contributed by atoms with E-state index in [0.717, 1.165) is 11.3 Å². The minimum atomic E-state index is -0.445. The van der Waals surface area contributed by atoms with E-state index in [2.05, 4.69) is 15.3 Å². The van der Waals surface area contributed by atoms with Gasteiger partial charge in [0.15, 0.2) is 0 Å². The van der Waals surface area contributed by atoms with E-state index >= 15 is 0 Å². The molecular weight excluding hydrogens is 290 g/mol. The molecule has 0 saturated carbocycles. The van der Waals surface area contributed by atoms with Crippen molar-refractivity contribution in [2.75, 3.05) is 5.32 Å². The van der Waals surface area contributed by atoms with Crippen LogP contribution in [0.5, 0.6) is 0 Å². The van der Waals surface area contributed by atoms with Crippen LogP contribution in [0.4, 0.5) is 11.6 Å². The summed E-state index contributed by atoms with van der Waals surface area (Å²) in [7, 11) is 0. The van der Waals surface area contributed by atoms with Gasteiger partial charge in [-0.25, -0.2) is 4.79 Å². The maximum atomic E-state index is 11.6. The van der Waals surface area contributed by atoms with Crippen molar-refractivity contribution in [1.82, 2.24) is 9.97 Å². The van der Waals surface area contributed by atoms with Gasteiger partial charge in [0.05, 0.1) is 5.39 Å². The SMILES string of the molecule is CCc1cc(=O)oc2nc(Nc3ccccc3)nc(Cl)c12. The number of rotatable bonds is 3. The first-order valence-electron chi connectivity index (χ1n) is 6.49. The largest absolute Gasteiger partial charge is 0.403 e. The summed E-state index contributed by atoms with van der Waals surface area (Å²) in [5.41, 5.74) is 1.34. The minimum absolute atomic E-state index is 0.192. The topological polar surface area (TPSA) is 68.0 Å². The molecule has 5 nitrogen and oxygen atoms in total. The predicted octanol–water partition coefficient (Wildman–Crippen LogP) is 3.54. The number of nitrogens with one attached hydrogen (secondary N) is 1. The van der Waals surface area contributed by atoms with Crippen LogP contribution in [0.2, 0.25) is 5.15 Å². The fourth-order valence-electron chi connectivity index (χ4n) is 2.08. The highest BCUT2D eigenvalue weighted by Gasteiger charge is 2.13. The molecule has 1 N–H and O–H groups in total. The summed E-state index contributed by atoms with van der Waals surface area (Å²) in [5.74, 6) is 0.287. The smallest absolute Gasteiger partial charge is 0.337 e. The highest BCUT2D eigenvalue weighted by molar-refractivity contribution is 6.34. The lowest BCUT2D eigenvalue weighted by molar-refractivity contribution is 0.547. The first-order valence-corrected chi connectivity index (χ1v) is 6.87. The molecule has 2 aromatic heterocycles. The van der Waals surface area contributed by atoms with Crippen molar-refractivity contribution in [3.05, 3.63) is 57.5 Å². The van der Waals surface area contributed by atoms with Gasteiger partial charge in [0, 0.05) is 11.8 Å². The molecule has 0 saturated heterocycles. The Bertz CT molecular complexity index is 847. The number of para-hydroxylation sites is 1. The van der Waals surface area contributed by atoms with Crippen LogP contribution in [0.15, 0.2) is 45.6 Å². The molecule has 0 atom stereocenters. The van der Waals surface area contributed by atoms with Gasteiger partial charge in [-0.2, -0.15) is 9.97 Å². The molecule has 106 valence electrons. The molecule has 0 fully saturated rings. The van der Waals surface area contributed by atoms with Crippen LogP contribution in [0.25, 0.3) is 11.1 Å². The molecule has 1 aromatic carbocycles. The number of aryl methyl sites for hydroxylation is 1. The van der Waals surface area contributed by atoms with E-state index < -0.39 is 5.63 Å². The molecule has 0 radical (unpaired) electrons. The van der Waals surface area contributed by atoms with Crippen molar-refractivity contribution < 1.29 is 4.42 Å². The predicted molar refractivity (Wildman–Crippen MR) is 82.2 cm³/mol. The average molecular weight is 302 g/mol. The molecule has 0 aliphatic heterocycles. The van der Waals surface area contributed by atoms with Crippen molar-refractivity contribution in [1.29, 1.82) is 0 Å². The Kier molecular flexibility index (Phi) is 3.58. The number of hydrogen-bond acceptors (Lipinski definition) is 5. The normalized spacial score (nSPS) is 10.8. The summed E-state index contributed by atoms with van der Waals surface area (Å²) in [5, 5.41) is 3.87. The van der Waals surface area contributed by atoms with Crippen molar-refractivity contribution in [2.45, 2.75) is 13.3 Å². The number of anilines is 2. The van der Waals surface area contributed by atoms with E-state index in [-0.39, 0.29) is 16.8 Å². The van der Waals surface area contributed by atoms with Crippen LogP contribution in [-0.4, -0.2) is 9.97 Å². The van der Waals surface area contributed by atoms with Crippen molar-refractivity contribution in [3.8, 4) is 0 Å². The minimum Gasteiger partial charge on any atom is -0.403 e. The summed E-state index contributed by atoms with van der Waals surface area (Å²) >= 11 is 6.21. The number of aromatic nitrogens is 2. The maximum Gasteiger partial charge on any atom is 0.337 e. The summed E-state index contributed by atoms with van der Waals surface area (Å²) in [6, 6.07) is 10.9. The summed E-state index contributed by atoms with van der Waals surface area (Å²) in [4.78, 5) is 20.0. The van der Waals surface area contributed by atoms with Gasteiger partial charge >= 0.3 is 5.63 Å². The third-order valence-corrected chi connectivity index (χ3v) is 3.33. The second kappa shape index (κ2) is 5.54. The summed E-state index contributed by atoms with van der Waals surface area (Å²) in [6.07, 6.45) is 0.649. The molecule has 0 spiro atoms. The van der Waals surface area contributed by atoms with Gasteiger partial charge in [0.1, 0.15) is 5.15 Å². The van der Waals surface area contributed by atoms with Gasteiger partial charge in [0.2, 0.25) is 11.7 Å². The van der Waals surface area contributed by atoms with Crippen molar-refractivity contribution in [2.24, 2.45) is 0 Å². The first kappa shape index (κ1) is 13.6. The van der Waals surface area contributed by atoms with Crippen molar-refractivity contribution in [3.63, 3.8) is 0 Å². The lowest BCUT2D eigenvalue weighted by atomic mass is 10.1. The Balaban J connectivity index is 2.13. The third kappa shape index (κ3) is 2.73. The summed E-state index contributed by atoms with van der Waals surface area (Å²) in [6.45, 7) is 1.93. The highest BCUT2D eigenvalue weighted by Crippen LogP contribution is 2.25. The third-order valence-electron chi connectivity index (χ3n) is 3.05. The maximum absolute atomic E-state index is 11.6. The van der Waals surface area contributed by atoms with E-state index in [1.807, 2.05) is 37.3 Å². The number of halogens is 1. The van der Waals surface area contributed by atoms with Crippen molar-refractivity contribution >= 4 is 34.3 Å². The molecule has 0 unspecified atom stereocenters. The molecule has 0 bridgehead atoms. The molecular formula is C15H12ClN3O2. The fourth-order valence-corrected chi connectivity index (χ4v) is 2.36.